The number of nitrogens with one attached hydrogen (secondary N) is 1. The summed E-state index contributed by atoms with van der Waals surface area (Å²) in [5.74, 6) is -0.911. The molecule has 2 heterocycles. The molecule has 7 nitrogen and oxygen atoms in total. The molecule has 0 aliphatic carbocycles. The normalized spacial score (nSPS) is 11.0. The van der Waals surface area contributed by atoms with Crippen molar-refractivity contribution in [3.63, 3.8) is 0 Å². The second-order valence-electron chi connectivity index (χ2n) is 7.69. The summed E-state index contributed by atoms with van der Waals surface area (Å²) in [6.45, 7) is 2.15. The zero-order valence-corrected chi connectivity index (χ0v) is 20.2. The summed E-state index contributed by atoms with van der Waals surface area (Å²) in [5.41, 5.74) is 7.91. The molecule has 0 saturated carbocycles. The van der Waals surface area contributed by atoms with Gasteiger partial charge < -0.3 is 11.1 Å². The second kappa shape index (κ2) is 10.7. The van der Waals surface area contributed by atoms with E-state index in [2.05, 4.69) is 17.2 Å². The maximum absolute atomic E-state index is 13.4. The molecule has 9 heteroatoms. The summed E-state index contributed by atoms with van der Waals surface area (Å²) in [4.78, 5) is 42.2. The molecule has 174 valence electrons. The van der Waals surface area contributed by atoms with Gasteiger partial charge in [0.2, 0.25) is 5.91 Å². The number of nitrogens with zero attached hydrogens (tertiary/aromatic N) is 2. The number of primary amides is 1. The molecule has 34 heavy (non-hydrogen) atoms. The lowest BCUT2D eigenvalue weighted by Crippen LogP contribution is -2.23. The Bertz CT molecular complexity index is 1390. The van der Waals surface area contributed by atoms with Crippen molar-refractivity contribution in [1.29, 1.82) is 0 Å². The first kappa shape index (κ1) is 23.7. The molecule has 2 aromatic carbocycles. The number of amides is 2. The molecule has 0 radical (unpaired) electrons. The van der Waals surface area contributed by atoms with Gasteiger partial charge in [0.05, 0.1) is 27.9 Å². The highest BCUT2D eigenvalue weighted by atomic mass is 32.2. The van der Waals surface area contributed by atoms with E-state index in [0.717, 1.165) is 31.0 Å². The number of fused-ring (bicyclic) bond motifs is 1. The molecule has 2 amide bonds. The number of aromatic nitrogens is 2. The number of anilines is 1. The first-order valence-electron chi connectivity index (χ1n) is 10.9. The van der Waals surface area contributed by atoms with Crippen LogP contribution >= 0.6 is 23.1 Å². The monoisotopic (exact) mass is 492 g/mol. The van der Waals surface area contributed by atoms with Gasteiger partial charge in [-0.05, 0) is 54.1 Å². The minimum atomic E-state index is -0.600. The molecule has 4 aromatic rings. The molecule has 0 unspecified atom stereocenters. The highest BCUT2D eigenvalue weighted by Gasteiger charge is 2.17. The highest BCUT2D eigenvalue weighted by molar-refractivity contribution is 7.99. The molecule has 0 spiro atoms. The summed E-state index contributed by atoms with van der Waals surface area (Å²) in [5, 5.41) is 5.75. The Morgan fingerprint density at radius 1 is 1.12 bits per heavy atom. The van der Waals surface area contributed by atoms with E-state index in [-0.39, 0.29) is 22.8 Å². The number of para-hydroxylation sites is 1. The van der Waals surface area contributed by atoms with Crippen LogP contribution in [0.2, 0.25) is 0 Å². The standard InChI is InChI=1S/C25H24N4O3S2/c1-2-3-6-16-9-11-17(12-10-16)29-24(32)18-7-4-5-8-20(18)27-25(29)34-15-21(30)28-23-19(22(26)31)13-14-33-23/h4-5,7-14H,2-3,6,15H2,1H3,(H2,26,31)(H,28,30). The number of unbranched alkanes of at least 4 members (excludes halogenated alkanes) is 1. The van der Waals surface area contributed by atoms with E-state index in [0.29, 0.717) is 26.7 Å². The predicted molar refractivity (Wildman–Crippen MR) is 138 cm³/mol. The fraction of sp³-hybridized carbons (Fsp3) is 0.200. The summed E-state index contributed by atoms with van der Waals surface area (Å²) in [7, 11) is 0. The van der Waals surface area contributed by atoms with E-state index in [1.165, 1.54) is 16.9 Å². The quantitative estimate of drug-likeness (QED) is 0.262. The van der Waals surface area contributed by atoms with Crippen LogP contribution in [-0.4, -0.2) is 27.1 Å². The maximum atomic E-state index is 13.4. The summed E-state index contributed by atoms with van der Waals surface area (Å²) in [6, 6.07) is 16.6. The fourth-order valence-corrected chi connectivity index (χ4v) is 5.14. The topological polar surface area (TPSA) is 107 Å². The molecule has 0 aliphatic rings. The molecular weight excluding hydrogens is 468 g/mol. The third kappa shape index (κ3) is 5.21. The molecule has 0 saturated heterocycles. The Morgan fingerprint density at radius 2 is 1.88 bits per heavy atom. The van der Waals surface area contributed by atoms with Crippen molar-refractivity contribution >= 4 is 50.8 Å². The third-order valence-electron chi connectivity index (χ3n) is 5.27. The Labute approximate surface area is 205 Å². The van der Waals surface area contributed by atoms with Crippen molar-refractivity contribution in [1.82, 2.24) is 9.55 Å². The van der Waals surface area contributed by atoms with E-state index in [4.69, 9.17) is 5.73 Å². The maximum Gasteiger partial charge on any atom is 0.266 e. The summed E-state index contributed by atoms with van der Waals surface area (Å²) in [6.07, 6.45) is 3.21. The average Bonchev–Trinajstić information content (AvgIpc) is 3.30. The lowest BCUT2D eigenvalue weighted by Gasteiger charge is -2.14. The average molecular weight is 493 g/mol. The first-order chi connectivity index (χ1) is 16.5. The van der Waals surface area contributed by atoms with Gasteiger partial charge in [-0.3, -0.25) is 19.0 Å². The van der Waals surface area contributed by atoms with Crippen LogP contribution in [-0.2, 0) is 11.2 Å². The van der Waals surface area contributed by atoms with Gasteiger partial charge in [-0.1, -0.05) is 49.4 Å². The van der Waals surface area contributed by atoms with Crippen LogP contribution in [0.1, 0.15) is 35.7 Å². The van der Waals surface area contributed by atoms with Crippen LogP contribution in [0.5, 0.6) is 0 Å². The smallest absolute Gasteiger partial charge is 0.266 e. The van der Waals surface area contributed by atoms with Crippen molar-refractivity contribution in [2.45, 2.75) is 31.3 Å². The molecule has 4 rings (SSSR count). The number of nitrogens with two attached hydrogens (primary N) is 1. The summed E-state index contributed by atoms with van der Waals surface area (Å²) >= 11 is 2.39. The number of aryl methyl sites for hydroxylation is 1. The van der Waals surface area contributed by atoms with E-state index in [9.17, 15) is 14.4 Å². The molecule has 0 aliphatic heterocycles. The number of hydrogen-bond acceptors (Lipinski definition) is 6. The van der Waals surface area contributed by atoms with E-state index in [1.807, 2.05) is 30.3 Å². The Kier molecular flexibility index (Phi) is 7.44. The number of thioether (sulfide) groups is 1. The van der Waals surface area contributed by atoms with E-state index >= 15 is 0 Å². The molecule has 0 bridgehead atoms. The Balaban J connectivity index is 1.63. The number of benzene rings is 2. The third-order valence-corrected chi connectivity index (χ3v) is 7.04. The largest absolute Gasteiger partial charge is 0.366 e. The van der Waals surface area contributed by atoms with E-state index in [1.54, 1.807) is 34.2 Å². The van der Waals surface area contributed by atoms with Gasteiger partial charge in [-0.15, -0.1) is 11.3 Å². The number of carbonyl (C=O) groups is 2. The van der Waals surface area contributed by atoms with Gasteiger partial charge in [0, 0.05) is 0 Å². The lowest BCUT2D eigenvalue weighted by molar-refractivity contribution is -0.113. The van der Waals surface area contributed by atoms with Crippen molar-refractivity contribution in [2.24, 2.45) is 5.73 Å². The van der Waals surface area contributed by atoms with Crippen molar-refractivity contribution in [3.05, 3.63) is 81.5 Å². The minimum absolute atomic E-state index is 0.00939. The van der Waals surface area contributed by atoms with Crippen molar-refractivity contribution < 1.29 is 9.59 Å². The number of hydrogen-bond donors (Lipinski definition) is 2. The van der Waals surface area contributed by atoms with Crippen LogP contribution in [0.3, 0.4) is 0 Å². The predicted octanol–water partition coefficient (Wildman–Crippen LogP) is 4.62. The molecule has 0 fully saturated rings. The number of rotatable bonds is 9. The van der Waals surface area contributed by atoms with Crippen LogP contribution < -0.4 is 16.6 Å². The minimum Gasteiger partial charge on any atom is -0.366 e. The van der Waals surface area contributed by atoms with Gasteiger partial charge in [0.1, 0.15) is 5.00 Å². The highest BCUT2D eigenvalue weighted by Crippen LogP contribution is 2.25. The van der Waals surface area contributed by atoms with Crippen LogP contribution in [0.15, 0.2) is 69.9 Å². The van der Waals surface area contributed by atoms with Gasteiger partial charge >= 0.3 is 0 Å². The summed E-state index contributed by atoms with van der Waals surface area (Å²) < 4.78 is 1.55. The zero-order chi connectivity index (χ0) is 24.1. The molecular formula is C25H24N4O3S2. The van der Waals surface area contributed by atoms with Gasteiger partial charge in [-0.2, -0.15) is 0 Å². The number of carbonyl (C=O) groups excluding carboxylic acids is 2. The molecule has 2 aromatic heterocycles. The van der Waals surface area contributed by atoms with Gasteiger partial charge in [0.25, 0.3) is 11.5 Å². The first-order valence-corrected chi connectivity index (χ1v) is 12.8. The van der Waals surface area contributed by atoms with Crippen LogP contribution in [0.25, 0.3) is 16.6 Å². The van der Waals surface area contributed by atoms with Crippen molar-refractivity contribution in [3.8, 4) is 5.69 Å². The van der Waals surface area contributed by atoms with Crippen LogP contribution in [0, 0.1) is 0 Å². The van der Waals surface area contributed by atoms with Crippen LogP contribution in [0.4, 0.5) is 5.00 Å². The Hall–Kier alpha value is -3.43. The molecule has 3 N–H and O–H groups in total. The van der Waals surface area contributed by atoms with Gasteiger partial charge in [0.15, 0.2) is 5.16 Å². The van der Waals surface area contributed by atoms with Gasteiger partial charge in [-0.25, -0.2) is 4.98 Å². The SMILES string of the molecule is CCCCc1ccc(-n2c(SCC(=O)Nc3sccc3C(N)=O)nc3ccccc3c2=O)cc1. The van der Waals surface area contributed by atoms with Crippen molar-refractivity contribution in [2.75, 3.05) is 11.1 Å². The lowest BCUT2D eigenvalue weighted by atomic mass is 10.1. The molecule has 0 atom stereocenters. The Morgan fingerprint density at radius 3 is 2.62 bits per heavy atom. The fourth-order valence-electron chi connectivity index (χ4n) is 3.52. The zero-order valence-electron chi connectivity index (χ0n) is 18.6. The van der Waals surface area contributed by atoms with E-state index < -0.39 is 5.91 Å². The number of thiophene rings is 1. The second-order valence-corrected chi connectivity index (χ2v) is 9.55.